The average Bonchev–Trinajstić information content (AvgIpc) is 2.47. The predicted octanol–water partition coefficient (Wildman–Crippen LogP) is 2.62. The van der Waals surface area contributed by atoms with Gasteiger partial charge >= 0.3 is 0 Å². The van der Waals surface area contributed by atoms with E-state index in [0.29, 0.717) is 17.4 Å². The van der Waals surface area contributed by atoms with Gasteiger partial charge in [0.25, 0.3) is 5.91 Å². The van der Waals surface area contributed by atoms with Crippen LogP contribution in [0.5, 0.6) is 5.75 Å². The molecule has 0 bridgehead atoms. The molecule has 110 valence electrons. The second-order valence-corrected chi connectivity index (χ2v) is 5.93. The third-order valence-electron chi connectivity index (χ3n) is 3.86. The number of benzene rings is 1. The lowest BCUT2D eigenvalue weighted by Crippen LogP contribution is -2.53. The number of hydrogen-bond acceptors (Lipinski definition) is 3. The van der Waals surface area contributed by atoms with E-state index in [0.717, 1.165) is 30.7 Å². The molecule has 0 spiro atoms. The van der Waals surface area contributed by atoms with Crippen LogP contribution in [-0.2, 0) is 0 Å². The molecule has 0 radical (unpaired) electrons. The highest BCUT2D eigenvalue weighted by Gasteiger charge is 2.27. The van der Waals surface area contributed by atoms with E-state index >= 15 is 0 Å². The smallest absolute Gasteiger partial charge is 0.255 e. The van der Waals surface area contributed by atoms with Crippen molar-refractivity contribution >= 4 is 21.8 Å². The number of methoxy groups -OCH3 is 1. The summed E-state index contributed by atoms with van der Waals surface area (Å²) in [6, 6.07) is 5.90. The van der Waals surface area contributed by atoms with Gasteiger partial charge in [-0.3, -0.25) is 9.69 Å². The number of hydrogen-bond donors (Lipinski definition) is 0. The van der Waals surface area contributed by atoms with E-state index in [-0.39, 0.29) is 5.91 Å². The molecule has 2 rings (SSSR count). The van der Waals surface area contributed by atoms with Crippen LogP contribution in [-0.4, -0.2) is 55.0 Å². The Balaban J connectivity index is 2.16. The number of amides is 1. The molecule has 1 heterocycles. The maximum atomic E-state index is 12.7. The van der Waals surface area contributed by atoms with Gasteiger partial charge in [0.2, 0.25) is 0 Å². The molecule has 1 amide bonds. The minimum atomic E-state index is 0.0679. The number of piperazine rings is 1. The lowest BCUT2D eigenvalue weighted by atomic mass is 10.1. The number of nitrogens with zero attached hydrogens (tertiary/aromatic N) is 2. The SMILES string of the molecule is CCN1CCN(C(=O)c2cc(OC)ccc2Br)CC1C. The molecule has 1 aliphatic rings. The van der Waals surface area contributed by atoms with Crippen LogP contribution in [0.15, 0.2) is 22.7 Å². The second kappa shape index (κ2) is 6.59. The third-order valence-corrected chi connectivity index (χ3v) is 4.55. The molecular formula is C15H21BrN2O2. The van der Waals surface area contributed by atoms with Gasteiger partial charge in [-0.25, -0.2) is 0 Å². The summed E-state index contributed by atoms with van der Waals surface area (Å²) in [5, 5.41) is 0. The predicted molar refractivity (Wildman–Crippen MR) is 83.3 cm³/mol. The molecule has 1 aromatic carbocycles. The molecule has 0 N–H and O–H groups in total. The molecule has 1 fully saturated rings. The van der Waals surface area contributed by atoms with Crippen LogP contribution in [0.25, 0.3) is 0 Å². The normalized spacial score (nSPS) is 20.0. The third kappa shape index (κ3) is 3.15. The summed E-state index contributed by atoms with van der Waals surface area (Å²) in [5.74, 6) is 0.773. The standard InChI is InChI=1S/C15H21BrN2O2/c1-4-17-7-8-18(10-11(17)2)15(19)13-9-12(20-3)5-6-14(13)16/h5-6,9,11H,4,7-8,10H2,1-3H3. The van der Waals surface area contributed by atoms with E-state index in [1.807, 2.05) is 17.0 Å². The van der Waals surface area contributed by atoms with Crippen LogP contribution in [0.1, 0.15) is 24.2 Å². The first-order valence-corrected chi connectivity index (χ1v) is 7.73. The summed E-state index contributed by atoms with van der Waals surface area (Å²) in [4.78, 5) is 17.0. The van der Waals surface area contributed by atoms with Gasteiger partial charge < -0.3 is 9.64 Å². The molecule has 1 aromatic rings. The van der Waals surface area contributed by atoms with Gasteiger partial charge in [0.15, 0.2) is 0 Å². The van der Waals surface area contributed by atoms with Crippen molar-refractivity contribution in [1.82, 2.24) is 9.80 Å². The van der Waals surface area contributed by atoms with Crippen molar-refractivity contribution in [3.8, 4) is 5.75 Å². The molecule has 1 saturated heterocycles. The van der Waals surface area contributed by atoms with E-state index in [1.165, 1.54) is 0 Å². The van der Waals surface area contributed by atoms with Crippen LogP contribution in [0.4, 0.5) is 0 Å². The highest BCUT2D eigenvalue weighted by molar-refractivity contribution is 9.10. The van der Waals surface area contributed by atoms with Crippen molar-refractivity contribution in [3.05, 3.63) is 28.2 Å². The van der Waals surface area contributed by atoms with Crippen molar-refractivity contribution in [1.29, 1.82) is 0 Å². The lowest BCUT2D eigenvalue weighted by molar-refractivity contribution is 0.0527. The number of ether oxygens (including phenoxy) is 1. The Kier molecular flexibility index (Phi) is 5.05. The van der Waals surface area contributed by atoms with Gasteiger partial charge in [-0.15, -0.1) is 0 Å². The minimum absolute atomic E-state index is 0.0679. The van der Waals surface area contributed by atoms with Gasteiger partial charge in [-0.05, 0) is 47.6 Å². The topological polar surface area (TPSA) is 32.8 Å². The fourth-order valence-electron chi connectivity index (χ4n) is 2.62. The van der Waals surface area contributed by atoms with Crippen molar-refractivity contribution in [3.63, 3.8) is 0 Å². The largest absolute Gasteiger partial charge is 0.497 e. The van der Waals surface area contributed by atoms with Crippen molar-refractivity contribution in [2.45, 2.75) is 19.9 Å². The maximum absolute atomic E-state index is 12.7. The molecule has 20 heavy (non-hydrogen) atoms. The zero-order chi connectivity index (χ0) is 14.7. The Labute approximate surface area is 128 Å². The number of likely N-dealkylation sites (N-methyl/N-ethyl adjacent to an activating group) is 1. The molecular weight excluding hydrogens is 320 g/mol. The first-order chi connectivity index (χ1) is 9.56. The second-order valence-electron chi connectivity index (χ2n) is 5.07. The Hall–Kier alpha value is -1.07. The van der Waals surface area contributed by atoms with E-state index < -0.39 is 0 Å². The molecule has 0 aromatic heterocycles. The number of rotatable bonds is 3. The summed E-state index contributed by atoms with van der Waals surface area (Å²) in [7, 11) is 1.61. The van der Waals surface area contributed by atoms with Gasteiger partial charge in [0.1, 0.15) is 5.75 Å². The summed E-state index contributed by atoms with van der Waals surface area (Å²) in [6.45, 7) is 7.85. The fourth-order valence-corrected chi connectivity index (χ4v) is 3.03. The maximum Gasteiger partial charge on any atom is 0.255 e. The summed E-state index contributed by atoms with van der Waals surface area (Å²) < 4.78 is 6.02. The minimum Gasteiger partial charge on any atom is -0.497 e. The average molecular weight is 341 g/mol. The van der Waals surface area contributed by atoms with Crippen LogP contribution in [0, 0.1) is 0 Å². The summed E-state index contributed by atoms with van der Waals surface area (Å²) in [6.07, 6.45) is 0. The molecule has 1 unspecified atom stereocenters. The van der Waals surface area contributed by atoms with Gasteiger partial charge in [-0.1, -0.05) is 6.92 Å². The van der Waals surface area contributed by atoms with Crippen molar-refractivity contribution < 1.29 is 9.53 Å². The molecule has 4 nitrogen and oxygen atoms in total. The Bertz CT molecular complexity index is 493. The quantitative estimate of drug-likeness (QED) is 0.847. The number of carbonyl (C=O) groups excluding carboxylic acids is 1. The molecule has 5 heteroatoms. The monoisotopic (exact) mass is 340 g/mol. The zero-order valence-corrected chi connectivity index (χ0v) is 13.8. The Morgan fingerprint density at radius 2 is 2.20 bits per heavy atom. The molecule has 1 aliphatic heterocycles. The highest BCUT2D eigenvalue weighted by atomic mass is 79.9. The van der Waals surface area contributed by atoms with Gasteiger partial charge in [0, 0.05) is 30.1 Å². The number of carbonyl (C=O) groups is 1. The van der Waals surface area contributed by atoms with Gasteiger partial charge in [-0.2, -0.15) is 0 Å². The molecule has 0 saturated carbocycles. The Morgan fingerprint density at radius 1 is 1.45 bits per heavy atom. The van der Waals surface area contributed by atoms with Gasteiger partial charge in [0.05, 0.1) is 12.7 Å². The first-order valence-electron chi connectivity index (χ1n) is 6.93. The van der Waals surface area contributed by atoms with E-state index in [9.17, 15) is 4.79 Å². The van der Waals surface area contributed by atoms with Crippen molar-refractivity contribution in [2.75, 3.05) is 33.3 Å². The molecule has 1 atom stereocenters. The fraction of sp³-hybridized carbons (Fsp3) is 0.533. The Morgan fingerprint density at radius 3 is 2.80 bits per heavy atom. The lowest BCUT2D eigenvalue weighted by Gasteiger charge is -2.39. The van der Waals surface area contributed by atoms with Crippen molar-refractivity contribution in [2.24, 2.45) is 0 Å². The first kappa shape index (κ1) is 15.3. The van der Waals surface area contributed by atoms with Crippen LogP contribution < -0.4 is 4.74 Å². The van der Waals surface area contributed by atoms with E-state index in [4.69, 9.17) is 4.74 Å². The van der Waals surface area contributed by atoms with Crippen LogP contribution >= 0.6 is 15.9 Å². The highest BCUT2D eigenvalue weighted by Crippen LogP contribution is 2.24. The van der Waals surface area contributed by atoms with E-state index in [2.05, 4.69) is 34.7 Å². The zero-order valence-electron chi connectivity index (χ0n) is 12.2. The number of halogens is 1. The summed E-state index contributed by atoms with van der Waals surface area (Å²) in [5.41, 5.74) is 0.668. The van der Waals surface area contributed by atoms with E-state index in [1.54, 1.807) is 13.2 Å². The van der Waals surface area contributed by atoms with Crippen LogP contribution in [0.3, 0.4) is 0 Å². The summed E-state index contributed by atoms with van der Waals surface area (Å²) >= 11 is 3.45. The molecule has 0 aliphatic carbocycles. The van der Waals surface area contributed by atoms with Crippen LogP contribution in [0.2, 0.25) is 0 Å².